The molecule has 17 heavy (non-hydrogen) atoms. The Morgan fingerprint density at radius 2 is 2.24 bits per heavy atom. The Labute approximate surface area is 106 Å². The van der Waals surface area contributed by atoms with Crippen LogP contribution in [0.4, 0.5) is 0 Å². The Bertz CT molecular complexity index is 390. The van der Waals surface area contributed by atoms with Gasteiger partial charge in [0.25, 0.3) is 0 Å². The lowest BCUT2D eigenvalue weighted by Crippen LogP contribution is -2.08. The highest BCUT2D eigenvalue weighted by Gasteiger charge is 2.09. The molecule has 0 aliphatic carbocycles. The summed E-state index contributed by atoms with van der Waals surface area (Å²) in [5.74, 6) is 0.0210. The average Bonchev–Trinajstić information content (AvgIpc) is 2.27. The fraction of sp³-hybridized carbons (Fsp3) is 0.462. The second-order valence-corrected chi connectivity index (χ2v) is 4.56. The average molecular weight is 257 g/mol. The van der Waals surface area contributed by atoms with E-state index < -0.39 is 5.97 Å². The molecule has 94 valence electrons. The van der Waals surface area contributed by atoms with Gasteiger partial charge in [-0.2, -0.15) is 0 Å². The number of carboxylic acid groups (broad SMARTS) is 1. The van der Waals surface area contributed by atoms with Crippen molar-refractivity contribution in [2.75, 3.05) is 6.61 Å². The van der Waals surface area contributed by atoms with Crippen molar-refractivity contribution in [1.82, 2.24) is 0 Å². The molecule has 3 nitrogen and oxygen atoms in total. The van der Waals surface area contributed by atoms with E-state index in [0.29, 0.717) is 23.3 Å². The summed E-state index contributed by atoms with van der Waals surface area (Å²) in [7, 11) is 0. The first-order chi connectivity index (χ1) is 8.04. The molecule has 1 aromatic rings. The van der Waals surface area contributed by atoms with Gasteiger partial charge in [-0.25, -0.2) is 4.79 Å². The highest BCUT2D eigenvalue weighted by molar-refractivity contribution is 6.32. The van der Waals surface area contributed by atoms with Gasteiger partial charge >= 0.3 is 5.97 Å². The number of carbonyl (C=O) groups is 1. The third-order valence-corrected chi connectivity index (χ3v) is 2.78. The molecular formula is C13H17ClO3. The molecule has 0 heterocycles. The molecule has 0 bridgehead atoms. The van der Waals surface area contributed by atoms with E-state index >= 15 is 0 Å². The van der Waals surface area contributed by atoms with Gasteiger partial charge in [0.1, 0.15) is 5.75 Å². The largest absolute Gasteiger partial charge is 0.492 e. The molecule has 4 heteroatoms. The predicted octanol–water partition coefficient (Wildman–Crippen LogP) is 3.85. The van der Waals surface area contributed by atoms with Gasteiger partial charge < -0.3 is 9.84 Å². The van der Waals surface area contributed by atoms with E-state index in [1.165, 1.54) is 12.1 Å². The minimum absolute atomic E-state index is 0.170. The van der Waals surface area contributed by atoms with Crippen molar-refractivity contribution in [2.24, 2.45) is 5.92 Å². The third kappa shape index (κ3) is 4.27. The summed E-state index contributed by atoms with van der Waals surface area (Å²) in [4.78, 5) is 10.7. The van der Waals surface area contributed by atoms with Gasteiger partial charge in [-0.1, -0.05) is 31.9 Å². The van der Waals surface area contributed by atoms with Crippen LogP contribution in [-0.4, -0.2) is 17.7 Å². The van der Waals surface area contributed by atoms with Gasteiger partial charge in [0.05, 0.1) is 17.2 Å². The van der Waals surface area contributed by atoms with Crippen LogP contribution in [0.1, 0.15) is 37.0 Å². The molecule has 1 unspecified atom stereocenters. The summed E-state index contributed by atoms with van der Waals surface area (Å²) in [6.07, 6.45) is 2.22. The van der Waals surface area contributed by atoms with Crippen LogP contribution >= 0.6 is 11.6 Å². The van der Waals surface area contributed by atoms with Crippen molar-refractivity contribution < 1.29 is 14.6 Å². The van der Waals surface area contributed by atoms with Crippen molar-refractivity contribution in [3.8, 4) is 5.75 Å². The molecule has 1 rings (SSSR count). The van der Waals surface area contributed by atoms with E-state index in [1.807, 2.05) is 0 Å². The molecule has 0 fully saturated rings. The molecule has 0 amide bonds. The molecule has 0 aliphatic rings. The van der Waals surface area contributed by atoms with E-state index in [2.05, 4.69) is 13.8 Å². The molecule has 0 radical (unpaired) electrons. The summed E-state index contributed by atoms with van der Waals surface area (Å²) < 4.78 is 5.56. The molecule has 0 spiro atoms. The lowest BCUT2D eigenvalue weighted by atomic mass is 10.1. The van der Waals surface area contributed by atoms with Crippen molar-refractivity contribution in [3.05, 3.63) is 28.8 Å². The maximum Gasteiger partial charge on any atom is 0.335 e. The van der Waals surface area contributed by atoms with Crippen LogP contribution in [0.25, 0.3) is 0 Å². The minimum Gasteiger partial charge on any atom is -0.492 e. The first kappa shape index (κ1) is 13.8. The first-order valence-corrected chi connectivity index (χ1v) is 6.08. The summed E-state index contributed by atoms with van der Waals surface area (Å²) in [5.41, 5.74) is 0.170. The predicted molar refractivity (Wildman–Crippen MR) is 68.0 cm³/mol. The fourth-order valence-corrected chi connectivity index (χ4v) is 1.79. The Morgan fingerprint density at radius 1 is 1.53 bits per heavy atom. The normalized spacial score (nSPS) is 12.2. The minimum atomic E-state index is -0.988. The van der Waals surface area contributed by atoms with Crippen molar-refractivity contribution in [2.45, 2.75) is 26.7 Å². The van der Waals surface area contributed by atoms with Crippen molar-refractivity contribution in [1.29, 1.82) is 0 Å². The maximum absolute atomic E-state index is 10.7. The van der Waals surface area contributed by atoms with E-state index in [9.17, 15) is 4.79 Å². The summed E-state index contributed by atoms with van der Waals surface area (Å²) in [6.45, 7) is 4.84. The quantitative estimate of drug-likeness (QED) is 0.841. The van der Waals surface area contributed by atoms with Crippen LogP contribution in [0.5, 0.6) is 5.75 Å². The van der Waals surface area contributed by atoms with E-state index in [0.717, 1.165) is 12.8 Å². The number of hydrogen-bond acceptors (Lipinski definition) is 2. The monoisotopic (exact) mass is 256 g/mol. The van der Waals surface area contributed by atoms with Crippen LogP contribution in [0, 0.1) is 5.92 Å². The van der Waals surface area contributed by atoms with Gasteiger partial charge in [-0.05, 0) is 30.5 Å². The topological polar surface area (TPSA) is 46.5 Å². The van der Waals surface area contributed by atoms with Crippen LogP contribution in [0.3, 0.4) is 0 Å². The van der Waals surface area contributed by atoms with Gasteiger partial charge in [0.2, 0.25) is 0 Å². The molecule has 0 saturated heterocycles. The number of rotatable bonds is 6. The lowest BCUT2D eigenvalue weighted by molar-refractivity contribution is 0.0697. The zero-order chi connectivity index (χ0) is 12.8. The number of aromatic carboxylic acids is 1. The second kappa shape index (κ2) is 6.50. The van der Waals surface area contributed by atoms with Crippen LogP contribution < -0.4 is 4.74 Å². The summed E-state index contributed by atoms with van der Waals surface area (Å²) >= 11 is 5.95. The molecular weight excluding hydrogens is 240 g/mol. The number of hydrogen-bond donors (Lipinski definition) is 1. The number of ether oxygens (including phenoxy) is 1. The Kier molecular flexibility index (Phi) is 5.29. The Hall–Kier alpha value is -1.22. The highest BCUT2D eigenvalue weighted by atomic mass is 35.5. The number of benzene rings is 1. The Morgan fingerprint density at radius 3 is 2.76 bits per heavy atom. The first-order valence-electron chi connectivity index (χ1n) is 5.70. The van der Waals surface area contributed by atoms with Crippen molar-refractivity contribution in [3.63, 3.8) is 0 Å². The van der Waals surface area contributed by atoms with Gasteiger partial charge in [0, 0.05) is 0 Å². The zero-order valence-electron chi connectivity index (χ0n) is 10.1. The standard InChI is InChI=1S/C13H17ClO3/c1-3-4-9(2)8-17-12-6-5-10(13(15)16)7-11(12)14/h5-7,9H,3-4,8H2,1-2H3,(H,15,16). The summed E-state index contributed by atoms with van der Waals surface area (Å²) in [6, 6.07) is 4.50. The summed E-state index contributed by atoms with van der Waals surface area (Å²) in [5, 5.41) is 9.13. The zero-order valence-corrected chi connectivity index (χ0v) is 10.8. The van der Waals surface area contributed by atoms with Crippen molar-refractivity contribution >= 4 is 17.6 Å². The molecule has 1 aromatic carbocycles. The van der Waals surface area contributed by atoms with Gasteiger partial charge in [-0.3, -0.25) is 0 Å². The molecule has 0 aliphatic heterocycles. The molecule has 0 aromatic heterocycles. The maximum atomic E-state index is 10.7. The second-order valence-electron chi connectivity index (χ2n) is 4.16. The number of carboxylic acids is 1. The van der Waals surface area contributed by atoms with E-state index in [4.69, 9.17) is 21.4 Å². The van der Waals surface area contributed by atoms with E-state index in [1.54, 1.807) is 6.07 Å². The molecule has 0 saturated carbocycles. The highest BCUT2D eigenvalue weighted by Crippen LogP contribution is 2.26. The SMILES string of the molecule is CCCC(C)COc1ccc(C(=O)O)cc1Cl. The van der Waals surface area contributed by atoms with Gasteiger partial charge in [0.15, 0.2) is 0 Å². The molecule has 1 atom stereocenters. The van der Waals surface area contributed by atoms with E-state index in [-0.39, 0.29) is 5.56 Å². The smallest absolute Gasteiger partial charge is 0.335 e. The van der Waals surface area contributed by atoms with Crippen LogP contribution in [0.15, 0.2) is 18.2 Å². The lowest BCUT2D eigenvalue weighted by Gasteiger charge is -2.13. The Balaban J connectivity index is 2.63. The number of halogens is 1. The fourth-order valence-electron chi connectivity index (χ4n) is 1.56. The molecule has 1 N–H and O–H groups in total. The van der Waals surface area contributed by atoms with Crippen LogP contribution in [0.2, 0.25) is 5.02 Å². The van der Waals surface area contributed by atoms with Gasteiger partial charge in [-0.15, -0.1) is 0 Å². The van der Waals surface area contributed by atoms with Crippen LogP contribution in [-0.2, 0) is 0 Å². The third-order valence-electron chi connectivity index (χ3n) is 2.48.